The quantitative estimate of drug-likeness (QED) is 0.760. The highest BCUT2D eigenvalue weighted by molar-refractivity contribution is 6.02. The smallest absolute Gasteiger partial charge is 0.225 e. The molecule has 0 spiro atoms. The Morgan fingerprint density at radius 1 is 0.828 bits per heavy atom. The summed E-state index contributed by atoms with van der Waals surface area (Å²) in [5.41, 5.74) is 6.44. The lowest BCUT2D eigenvalue weighted by molar-refractivity contribution is -0.122. The standard InChI is InChI=1S/C26H29NO2/c1-16-5-7-18(8-6-16)21-15-24(29)27-22-13-19(14-23(28)25(21)22)17-9-11-20(12-10-17)26(2,3)4/h5-12,19,21H,13-15H2,1-4H3,(H,27,29). The summed E-state index contributed by atoms with van der Waals surface area (Å²) < 4.78 is 0. The van der Waals surface area contributed by atoms with E-state index in [0.29, 0.717) is 19.3 Å². The second-order valence-corrected chi connectivity index (χ2v) is 9.51. The van der Waals surface area contributed by atoms with Crippen molar-refractivity contribution in [1.82, 2.24) is 5.32 Å². The summed E-state index contributed by atoms with van der Waals surface area (Å²) in [4.78, 5) is 25.6. The van der Waals surface area contributed by atoms with Crippen molar-refractivity contribution in [2.24, 2.45) is 0 Å². The maximum absolute atomic E-state index is 13.2. The van der Waals surface area contributed by atoms with Gasteiger partial charge in [-0.1, -0.05) is 74.9 Å². The predicted octanol–water partition coefficient (Wildman–Crippen LogP) is 5.30. The zero-order chi connectivity index (χ0) is 20.8. The number of rotatable bonds is 2. The van der Waals surface area contributed by atoms with E-state index in [9.17, 15) is 9.59 Å². The molecule has 2 atom stereocenters. The van der Waals surface area contributed by atoms with Crippen LogP contribution in [-0.4, -0.2) is 11.7 Å². The lowest BCUT2D eigenvalue weighted by Crippen LogP contribution is -2.38. The molecule has 0 bridgehead atoms. The van der Waals surface area contributed by atoms with Crippen molar-refractivity contribution in [3.05, 3.63) is 82.1 Å². The van der Waals surface area contributed by atoms with Crippen LogP contribution in [-0.2, 0) is 15.0 Å². The van der Waals surface area contributed by atoms with Crippen molar-refractivity contribution < 1.29 is 9.59 Å². The Morgan fingerprint density at radius 2 is 1.45 bits per heavy atom. The minimum Gasteiger partial charge on any atom is -0.329 e. The topological polar surface area (TPSA) is 46.2 Å². The van der Waals surface area contributed by atoms with Gasteiger partial charge in [-0.2, -0.15) is 0 Å². The van der Waals surface area contributed by atoms with Gasteiger partial charge < -0.3 is 5.32 Å². The molecule has 0 saturated carbocycles. The largest absolute Gasteiger partial charge is 0.329 e. The van der Waals surface area contributed by atoms with Gasteiger partial charge in [0.2, 0.25) is 5.91 Å². The number of allylic oxidation sites excluding steroid dienone is 2. The summed E-state index contributed by atoms with van der Waals surface area (Å²) in [6.45, 7) is 8.65. The average molecular weight is 388 g/mol. The number of Topliss-reactive ketones (excluding diaryl/α,β-unsaturated/α-hetero) is 1. The average Bonchev–Trinajstić information content (AvgIpc) is 2.67. The number of hydrogen-bond donors (Lipinski definition) is 1. The Kier molecular flexibility index (Phi) is 4.94. The first kappa shape index (κ1) is 19.6. The second-order valence-electron chi connectivity index (χ2n) is 9.51. The molecule has 1 heterocycles. The normalized spacial score (nSPS) is 22.3. The first-order valence-electron chi connectivity index (χ1n) is 10.5. The Labute approximate surface area is 173 Å². The van der Waals surface area contributed by atoms with Crippen molar-refractivity contribution in [3.63, 3.8) is 0 Å². The van der Waals surface area contributed by atoms with Gasteiger partial charge >= 0.3 is 0 Å². The van der Waals surface area contributed by atoms with Crippen LogP contribution in [0.2, 0.25) is 0 Å². The van der Waals surface area contributed by atoms with Crippen LogP contribution >= 0.6 is 0 Å². The summed E-state index contributed by atoms with van der Waals surface area (Å²) >= 11 is 0. The van der Waals surface area contributed by atoms with Crippen LogP contribution in [0.15, 0.2) is 59.8 Å². The molecule has 0 saturated heterocycles. The molecule has 0 aromatic heterocycles. The zero-order valence-electron chi connectivity index (χ0n) is 17.7. The summed E-state index contributed by atoms with van der Waals surface area (Å²) in [6, 6.07) is 16.8. The molecule has 2 aromatic carbocycles. The fourth-order valence-corrected chi connectivity index (χ4v) is 4.53. The second kappa shape index (κ2) is 7.29. The van der Waals surface area contributed by atoms with E-state index >= 15 is 0 Å². The highest BCUT2D eigenvalue weighted by Crippen LogP contribution is 2.42. The van der Waals surface area contributed by atoms with E-state index in [1.54, 1.807) is 0 Å². The Hall–Kier alpha value is -2.68. The summed E-state index contributed by atoms with van der Waals surface area (Å²) in [5.74, 6) is 0.163. The number of aryl methyl sites for hydroxylation is 1. The van der Waals surface area contributed by atoms with Crippen molar-refractivity contribution in [2.75, 3.05) is 0 Å². The third-order valence-electron chi connectivity index (χ3n) is 6.26. The molecule has 1 N–H and O–H groups in total. The van der Waals surface area contributed by atoms with Crippen LogP contribution in [0, 0.1) is 6.92 Å². The third kappa shape index (κ3) is 3.91. The van der Waals surface area contributed by atoms with E-state index < -0.39 is 0 Å². The van der Waals surface area contributed by atoms with E-state index in [4.69, 9.17) is 0 Å². The molecule has 2 aliphatic rings. The SMILES string of the molecule is Cc1ccc(C2CC(=O)NC3=C2C(=O)CC(c2ccc(C(C)(C)C)cc2)C3)cc1. The number of ketones is 1. The summed E-state index contributed by atoms with van der Waals surface area (Å²) in [7, 11) is 0. The van der Waals surface area contributed by atoms with Gasteiger partial charge in [-0.25, -0.2) is 0 Å². The van der Waals surface area contributed by atoms with Gasteiger partial charge in [-0.3, -0.25) is 9.59 Å². The van der Waals surface area contributed by atoms with E-state index in [-0.39, 0.29) is 28.9 Å². The molecular weight excluding hydrogens is 358 g/mol. The minimum absolute atomic E-state index is 0.00542. The highest BCUT2D eigenvalue weighted by Gasteiger charge is 2.38. The third-order valence-corrected chi connectivity index (χ3v) is 6.26. The van der Waals surface area contributed by atoms with E-state index in [2.05, 4.69) is 62.5 Å². The number of benzene rings is 2. The number of nitrogens with one attached hydrogen (secondary N) is 1. The monoisotopic (exact) mass is 387 g/mol. The molecule has 1 aliphatic heterocycles. The first-order chi connectivity index (χ1) is 13.7. The zero-order valence-corrected chi connectivity index (χ0v) is 17.7. The van der Waals surface area contributed by atoms with Crippen molar-refractivity contribution in [3.8, 4) is 0 Å². The van der Waals surface area contributed by atoms with Crippen LogP contribution in [0.4, 0.5) is 0 Å². The molecule has 3 heteroatoms. The fraction of sp³-hybridized carbons (Fsp3) is 0.385. The molecule has 2 aromatic rings. The summed E-state index contributed by atoms with van der Waals surface area (Å²) in [5, 5.41) is 3.02. The van der Waals surface area contributed by atoms with Gasteiger partial charge in [0.25, 0.3) is 0 Å². The maximum atomic E-state index is 13.2. The number of hydrogen-bond acceptors (Lipinski definition) is 2. The fourth-order valence-electron chi connectivity index (χ4n) is 4.53. The van der Waals surface area contributed by atoms with Crippen molar-refractivity contribution in [1.29, 1.82) is 0 Å². The molecule has 150 valence electrons. The van der Waals surface area contributed by atoms with Crippen LogP contribution < -0.4 is 5.32 Å². The summed E-state index contributed by atoms with van der Waals surface area (Å²) in [6.07, 6.45) is 1.56. The number of amides is 1. The van der Waals surface area contributed by atoms with Gasteiger partial charge in [0.05, 0.1) is 0 Å². The highest BCUT2D eigenvalue weighted by atomic mass is 16.2. The van der Waals surface area contributed by atoms with Crippen LogP contribution in [0.25, 0.3) is 0 Å². The van der Waals surface area contributed by atoms with Gasteiger partial charge in [0.1, 0.15) is 0 Å². The molecule has 2 unspecified atom stereocenters. The first-order valence-corrected chi connectivity index (χ1v) is 10.5. The van der Waals surface area contributed by atoms with Crippen molar-refractivity contribution >= 4 is 11.7 Å². The molecule has 0 radical (unpaired) electrons. The molecular formula is C26H29NO2. The maximum Gasteiger partial charge on any atom is 0.225 e. The lowest BCUT2D eigenvalue weighted by atomic mass is 9.73. The van der Waals surface area contributed by atoms with Crippen LogP contribution in [0.3, 0.4) is 0 Å². The Balaban J connectivity index is 1.65. The van der Waals surface area contributed by atoms with Gasteiger partial charge in [-0.05, 0) is 41.4 Å². The van der Waals surface area contributed by atoms with Gasteiger partial charge in [0.15, 0.2) is 5.78 Å². The van der Waals surface area contributed by atoms with Gasteiger partial charge in [0, 0.05) is 30.0 Å². The number of carbonyl (C=O) groups is 2. The van der Waals surface area contributed by atoms with E-state index in [0.717, 1.165) is 16.8 Å². The lowest BCUT2D eigenvalue weighted by Gasteiger charge is -2.34. The molecule has 29 heavy (non-hydrogen) atoms. The van der Waals surface area contributed by atoms with Crippen LogP contribution in [0.5, 0.6) is 0 Å². The van der Waals surface area contributed by atoms with E-state index in [1.807, 2.05) is 19.1 Å². The number of carbonyl (C=O) groups excluding carboxylic acids is 2. The molecule has 0 fully saturated rings. The van der Waals surface area contributed by atoms with Crippen LogP contribution in [0.1, 0.15) is 74.1 Å². The Bertz CT molecular complexity index is 975. The minimum atomic E-state index is -0.129. The molecule has 3 nitrogen and oxygen atoms in total. The van der Waals surface area contributed by atoms with E-state index in [1.165, 1.54) is 16.7 Å². The predicted molar refractivity (Wildman–Crippen MR) is 116 cm³/mol. The Morgan fingerprint density at radius 3 is 2.07 bits per heavy atom. The van der Waals surface area contributed by atoms with Gasteiger partial charge in [-0.15, -0.1) is 0 Å². The molecule has 1 aliphatic carbocycles. The van der Waals surface area contributed by atoms with Crippen molar-refractivity contribution in [2.45, 2.75) is 64.2 Å². The molecule has 1 amide bonds. The molecule has 4 rings (SSSR count).